The van der Waals surface area contributed by atoms with Gasteiger partial charge in [-0.3, -0.25) is 4.79 Å². The lowest BCUT2D eigenvalue weighted by Gasteiger charge is -2.14. The first kappa shape index (κ1) is 18.2. The Labute approximate surface area is 149 Å². The van der Waals surface area contributed by atoms with Crippen molar-refractivity contribution in [2.24, 2.45) is 0 Å². The van der Waals surface area contributed by atoms with E-state index in [1.165, 1.54) is 18.5 Å². The number of carbonyl (C=O) groups excluding carboxylic acids is 2. The van der Waals surface area contributed by atoms with Gasteiger partial charge < -0.3 is 15.4 Å². The van der Waals surface area contributed by atoms with Crippen molar-refractivity contribution in [1.82, 2.24) is 9.69 Å². The Bertz CT molecular complexity index is 731. The molecule has 6 nitrogen and oxygen atoms in total. The Kier molecular flexibility index (Phi) is 6.16. The Morgan fingerprint density at radius 1 is 1.33 bits per heavy atom. The van der Waals surface area contributed by atoms with Crippen LogP contribution in [-0.4, -0.2) is 29.4 Å². The van der Waals surface area contributed by atoms with Gasteiger partial charge in [-0.1, -0.05) is 23.7 Å². The van der Waals surface area contributed by atoms with Gasteiger partial charge in [0.15, 0.2) is 6.10 Å². The smallest absolute Gasteiger partial charge is 0.343 e. The van der Waals surface area contributed by atoms with Crippen molar-refractivity contribution in [3.8, 4) is 0 Å². The molecule has 0 radical (unpaired) electrons. The van der Waals surface area contributed by atoms with E-state index >= 15 is 0 Å². The summed E-state index contributed by atoms with van der Waals surface area (Å²) in [4.78, 5) is 24.3. The van der Waals surface area contributed by atoms with E-state index in [0.717, 1.165) is 5.56 Å². The first-order valence-corrected chi connectivity index (χ1v) is 8.44. The summed E-state index contributed by atoms with van der Waals surface area (Å²) in [7, 11) is 1.70. The number of halogens is 1. The van der Waals surface area contributed by atoms with Crippen LogP contribution >= 0.6 is 23.1 Å². The number of aromatic nitrogens is 1. The molecule has 0 saturated heterocycles. The molecule has 1 atom stereocenters. The number of hydrogen-bond donors (Lipinski definition) is 2. The number of carbonyl (C=O) groups is 2. The van der Waals surface area contributed by atoms with Gasteiger partial charge in [-0.2, -0.15) is 4.37 Å². The zero-order valence-electron chi connectivity index (χ0n) is 13.6. The third-order valence-electron chi connectivity index (χ3n) is 3.33. The molecule has 0 fully saturated rings. The second kappa shape index (κ2) is 8.12. The molecule has 0 aliphatic heterocycles. The van der Waals surface area contributed by atoms with Crippen LogP contribution in [0, 0.1) is 6.92 Å². The van der Waals surface area contributed by atoms with Gasteiger partial charge in [0.05, 0.1) is 5.69 Å². The number of amides is 1. The fraction of sp³-hybridized carbons (Fsp3) is 0.312. The van der Waals surface area contributed by atoms with Crippen LogP contribution in [-0.2, 0) is 16.1 Å². The normalized spacial score (nSPS) is 11.7. The van der Waals surface area contributed by atoms with Gasteiger partial charge in [0.1, 0.15) is 10.6 Å². The van der Waals surface area contributed by atoms with Gasteiger partial charge in [-0.15, -0.1) is 0 Å². The lowest BCUT2D eigenvalue weighted by Crippen LogP contribution is -2.35. The van der Waals surface area contributed by atoms with Gasteiger partial charge in [-0.25, -0.2) is 4.79 Å². The van der Waals surface area contributed by atoms with Gasteiger partial charge >= 0.3 is 5.97 Å². The molecule has 0 spiro atoms. The monoisotopic (exact) mass is 367 g/mol. The molecule has 0 bridgehead atoms. The third kappa shape index (κ3) is 4.46. The maximum absolute atomic E-state index is 12.2. The average Bonchev–Trinajstić information content (AvgIpc) is 2.94. The number of nitrogens with one attached hydrogen (secondary N) is 2. The number of nitrogens with zero attached hydrogens (tertiary/aromatic N) is 1. The number of esters is 1. The molecule has 0 saturated carbocycles. The number of benzene rings is 1. The van der Waals surface area contributed by atoms with Crippen molar-refractivity contribution in [2.75, 3.05) is 12.4 Å². The molecular weight excluding hydrogens is 350 g/mol. The van der Waals surface area contributed by atoms with E-state index in [0.29, 0.717) is 27.8 Å². The molecule has 1 aromatic carbocycles. The standard InChI is InChI=1S/C16H18ClN3O3S/c1-9-13(15(18-3)24-20-9)16(22)23-10(2)14(21)19-8-11-4-6-12(17)7-5-11/h4-7,10,18H,8H2,1-3H3,(H,19,21). The zero-order chi connectivity index (χ0) is 17.7. The van der Waals surface area contributed by atoms with E-state index in [9.17, 15) is 9.59 Å². The molecule has 1 aromatic heterocycles. The Hall–Kier alpha value is -2.12. The van der Waals surface area contributed by atoms with Gasteiger partial charge in [0, 0.05) is 18.6 Å². The van der Waals surface area contributed by atoms with Crippen LogP contribution in [0.1, 0.15) is 28.5 Å². The highest BCUT2D eigenvalue weighted by Gasteiger charge is 2.24. The number of aryl methyl sites for hydroxylation is 1. The second-order valence-electron chi connectivity index (χ2n) is 5.11. The minimum absolute atomic E-state index is 0.332. The SMILES string of the molecule is CNc1snc(C)c1C(=O)OC(C)C(=O)NCc1ccc(Cl)cc1. The third-order valence-corrected chi connectivity index (χ3v) is 4.53. The van der Waals surface area contributed by atoms with Crippen LogP contribution in [0.4, 0.5) is 5.00 Å². The Morgan fingerprint density at radius 3 is 2.62 bits per heavy atom. The summed E-state index contributed by atoms with van der Waals surface area (Å²) in [6.45, 7) is 3.58. The summed E-state index contributed by atoms with van der Waals surface area (Å²) in [6, 6.07) is 7.13. The fourth-order valence-corrected chi connectivity index (χ4v) is 2.85. The van der Waals surface area contributed by atoms with Crippen LogP contribution in [0.25, 0.3) is 0 Å². The van der Waals surface area contributed by atoms with E-state index < -0.39 is 12.1 Å². The topological polar surface area (TPSA) is 80.3 Å². The number of anilines is 1. The van der Waals surface area contributed by atoms with Crippen LogP contribution < -0.4 is 10.6 Å². The van der Waals surface area contributed by atoms with Crippen LogP contribution in [0.3, 0.4) is 0 Å². The minimum atomic E-state index is -0.909. The van der Waals surface area contributed by atoms with Crippen LogP contribution in [0.5, 0.6) is 0 Å². The summed E-state index contributed by atoms with van der Waals surface area (Å²) in [5, 5.41) is 6.87. The molecular formula is C16H18ClN3O3S. The highest BCUT2D eigenvalue weighted by molar-refractivity contribution is 7.10. The molecule has 128 valence electrons. The molecule has 1 heterocycles. The van der Waals surface area contributed by atoms with Gasteiger partial charge in [0.2, 0.25) is 0 Å². The predicted molar refractivity (Wildman–Crippen MR) is 94.6 cm³/mol. The number of rotatable bonds is 6. The molecule has 24 heavy (non-hydrogen) atoms. The van der Waals surface area contributed by atoms with Crippen molar-refractivity contribution in [2.45, 2.75) is 26.5 Å². The molecule has 2 aromatic rings. The zero-order valence-corrected chi connectivity index (χ0v) is 15.1. The van der Waals surface area contributed by atoms with E-state index in [4.69, 9.17) is 16.3 Å². The summed E-state index contributed by atoms with van der Waals surface area (Å²) >= 11 is 6.99. The van der Waals surface area contributed by atoms with Crippen LogP contribution in [0.2, 0.25) is 5.02 Å². The lowest BCUT2D eigenvalue weighted by atomic mass is 10.2. The Morgan fingerprint density at radius 2 is 2.00 bits per heavy atom. The summed E-state index contributed by atoms with van der Waals surface area (Å²) in [5.74, 6) is -0.940. The molecule has 2 N–H and O–H groups in total. The van der Waals surface area contributed by atoms with E-state index in [-0.39, 0.29) is 5.91 Å². The maximum atomic E-state index is 12.2. The van der Waals surface area contributed by atoms with Crippen molar-refractivity contribution in [3.63, 3.8) is 0 Å². The first-order chi connectivity index (χ1) is 11.4. The second-order valence-corrected chi connectivity index (χ2v) is 6.32. The van der Waals surface area contributed by atoms with Crippen molar-refractivity contribution >= 4 is 40.0 Å². The highest BCUT2D eigenvalue weighted by atomic mass is 35.5. The van der Waals surface area contributed by atoms with Crippen molar-refractivity contribution in [3.05, 3.63) is 46.1 Å². The largest absolute Gasteiger partial charge is 0.449 e. The molecule has 2 rings (SSSR count). The fourth-order valence-electron chi connectivity index (χ4n) is 1.99. The Balaban J connectivity index is 1.92. The molecule has 0 aliphatic rings. The van der Waals surface area contributed by atoms with E-state index in [1.807, 2.05) is 12.1 Å². The predicted octanol–water partition coefficient (Wildman–Crippen LogP) is 3.01. The molecule has 8 heteroatoms. The summed E-state index contributed by atoms with van der Waals surface area (Å²) in [5.41, 5.74) is 1.84. The average molecular weight is 368 g/mol. The first-order valence-electron chi connectivity index (χ1n) is 7.29. The van der Waals surface area contributed by atoms with Crippen molar-refractivity contribution in [1.29, 1.82) is 0 Å². The molecule has 0 aliphatic carbocycles. The van der Waals surface area contributed by atoms with Crippen molar-refractivity contribution < 1.29 is 14.3 Å². The summed E-state index contributed by atoms with van der Waals surface area (Å²) in [6.07, 6.45) is -0.909. The maximum Gasteiger partial charge on any atom is 0.343 e. The lowest BCUT2D eigenvalue weighted by molar-refractivity contribution is -0.129. The van der Waals surface area contributed by atoms with E-state index in [2.05, 4.69) is 15.0 Å². The summed E-state index contributed by atoms with van der Waals surface area (Å²) < 4.78 is 9.35. The van der Waals surface area contributed by atoms with Crippen LogP contribution in [0.15, 0.2) is 24.3 Å². The minimum Gasteiger partial charge on any atom is -0.449 e. The molecule has 1 unspecified atom stereocenters. The molecule has 1 amide bonds. The quantitative estimate of drug-likeness (QED) is 0.767. The van der Waals surface area contributed by atoms with Gasteiger partial charge in [-0.05, 0) is 43.1 Å². The number of ether oxygens (including phenoxy) is 1. The van der Waals surface area contributed by atoms with Gasteiger partial charge in [0.25, 0.3) is 5.91 Å². The highest BCUT2D eigenvalue weighted by Crippen LogP contribution is 2.25. The van der Waals surface area contributed by atoms with E-state index in [1.54, 1.807) is 26.1 Å². The number of hydrogen-bond acceptors (Lipinski definition) is 6.